The van der Waals surface area contributed by atoms with Gasteiger partial charge in [-0.15, -0.1) is 0 Å². The van der Waals surface area contributed by atoms with E-state index in [4.69, 9.17) is 10.5 Å². The number of hydrogen-bond donors (Lipinski definition) is 1. The van der Waals surface area contributed by atoms with Crippen molar-refractivity contribution >= 4 is 0 Å². The second-order valence-electron chi connectivity index (χ2n) is 4.45. The molecular formula is C15H13F4NO. The van der Waals surface area contributed by atoms with Crippen molar-refractivity contribution in [3.63, 3.8) is 0 Å². The predicted octanol–water partition coefficient (Wildman–Crippen LogP) is 3.32. The second kappa shape index (κ2) is 6.58. The maximum Gasteiger partial charge on any atom is 0.191 e. The van der Waals surface area contributed by atoms with Gasteiger partial charge < -0.3 is 10.5 Å². The first-order valence-corrected chi connectivity index (χ1v) is 6.26. The maximum atomic E-state index is 13.7. The summed E-state index contributed by atoms with van der Waals surface area (Å²) in [7, 11) is 0. The molecule has 0 saturated carbocycles. The summed E-state index contributed by atoms with van der Waals surface area (Å²) in [6.45, 7) is -0.143. The van der Waals surface area contributed by atoms with Crippen LogP contribution in [0.2, 0.25) is 0 Å². The van der Waals surface area contributed by atoms with E-state index in [0.29, 0.717) is 18.1 Å². The fourth-order valence-corrected chi connectivity index (χ4v) is 1.85. The van der Waals surface area contributed by atoms with Gasteiger partial charge in [-0.25, -0.2) is 17.6 Å². The molecule has 0 aliphatic carbocycles. The lowest BCUT2D eigenvalue weighted by molar-refractivity contribution is 0.268. The van der Waals surface area contributed by atoms with Crippen LogP contribution in [-0.4, -0.2) is 6.54 Å². The average molecular weight is 299 g/mol. The Labute approximate surface area is 119 Å². The number of hydrogen-bond acceptors (Lipinski definition) is 2. The standard InChI is InChI=1S/C15H13F4NO/c16-11-2-1-10(12(17)7-11)8-21-15-13(18)5-9(3-4-20)6-14(15)19/h1-2,5-7H,3-4,8,20H2. The average Bonchev–Trinajstić information content (AvgIpc) is 2.40. The van der Waals surface area contributed by atoms with Gasteiger partial charge in [-0.05, 0) is 42.8 Å². The number of ether oxygens (including phenoxy) is 1. The van der Waals surface area contributed by atoms with E-state index >= 15 is 0 Å². The topological polar surface area (TPSA) is 35.2 Å². The minimum atomic E-state index is -0.888. The van der Waals surface area contributed by atoms with Gasteiger partial charge in [0.1, 0.15) is 18.2 Å². The summed E-state index contributed by atoms with van der Waals surface area (Å²) >= 11 is 0. The summed E-state index contributed by atoms with van der Waals surface area (Å²) < 4.78 is 58.6. The van der Waals surface area contributed by atoms with Gasteiger partial charge in [-0.3, -0.25) is 0 Å². The van der Waals surface area contributed by atoms with Gasteiger partial charge in [0.25, 0.3) is 0 Å². The molecule has 0 saturated heterocycles. The van der Waals surface area contributed by atoms with E-state index in [1.807, 2.05) is 0 Å². The molecule has 0 radical (unpaired) electrons. The van der Waals surface area contributed by atoms with Gasteiger partial charge in [0.15, 0.2) is 17.4 Å². The smallest absolute Gasteiger partial charge is 0.191 e. The first-order chi connectivity index (χ1) is 10.0. The van der Waals surface area contributed by atoms with Crippen LogP contribution in [0.3, 0.4) is 0 Å². The third-order valence-electron chi connectivity index (χ3n) is 2.88. The Bertz CT molecular complexity index is 623. The van der Waals surface area contributed by atoms with Crippen molar-refractivity contribution in [1.29, 1.82) is 0 Å². The first kappa shape index (κ1) is 15.3. The molecule has 0 heterocycles. The van der Waals surface area contributed by atoms with Crippen molar-refractivity contribution in [2.45, 2.75) is 13.0 Å². The quantitative estimate of drug-likeness (QED) is 0.860. The van der Waals surface area contributed by atoms with Crippen LogP contribution in [0.4, 0.5) is 17.6 Å². The highest BCUT2D eigenvalue weighted by Gasteiger charge is 2.14. The largest absolute Gasteiger partial charge is 0.483 e. The van der Waals surface area contributed by atoms with E-state index in [9.17, 15) is 17.6 Å². The van der Waals surface area contributed by atoms with Crippen molar-refractivity contribution in [3.05, 3.63) is 64.7 Å². The molecule has 112 valence electrons. The molecule has 0 aliphatic heterocycles. The number of halogens is 4. The van der Waals surface area contributed by atoms with Crippen LogP contribution in [0.1, 0.15) is 11.1 Å². The number of benzene rings is 2. The zero-order valence-electron chi connectivity index (χ0n) is 11.0. The predicted molar refractivity (Wildman–Crippen MR) is 69.8 cm³/mol. The lowest BCUT2D eigenvalue weighted by Crippen LogP contribution is -2.06. The van der Waals surface area contributed by atoms with Crippen molar-refractivity contribution in [2.75, 3.05) is 6.54 Å². The molecule has 0 atom stereocenters. The highest BCUT2D eigenvalue weighted by atomic mass is 19.1. The molecule has 2 aromatic rings. The van der Waals surface area contributed by atoms with E-state index in [1.165, 1.54) is 0 Å². The monoisotopic (exact) mass is 299 g/mol. The fraction of sp³-hybridized carbons (Fsp3) is 0.200. The third kappa shape index (κ3) is 3.72. The first-order valence-electron chi connectivity index (χ1n) is 6.26. The minimum absolute atomic E-state index is 0.00114. The van der Waals surface area contributed by atoms with Gasteiger partial charge >= 0.3 is 0 Å². The highest BCUT2D eigenvalue weighted by Crippen LogP contribution is 2.25. The summed E-state index contributed by atoms with van der Waals surface area (Å²) in [4.78, 5) is 0. The minimum Gasteiger partial charge on any atom is -0.483 e. The van der Waals surface area contributed by atoms with E-state index in [2.05, 4.69) is 0 Å². The Morgan fingerprint density at radius 2 is 1.57 bits per heavy atom. The normalized spacial score (nSPS) is 10.7. The summed E-state index contributed by atoms with van der Waals surface area (Å²) in [6, 6.07) is 5.11. The third-order valence-corrected chi connectivity index (χ3v) is 2.88. The van der Waals surface area contributed by atoms with Crippen LogP contribution in [0, 0.1) is 23.3 Å². The van der Waals surface area contributed by atoms with Crippen LogP contribution >= 0.6 is 0 Å². The van der Waals surface area contributed by atoms with Crippen molar-refractivity contribution in [1.82, 2.24) is 0 Å². The van der Waals surface area contributed by atoms with Gasteiger partial charge in [0.2, 0.25) is 0 Å². The Morgan fingerprint density at radius 3 is 2.14 bits per heavy atom. The van der Waals surface area contributed by atoms with E-state index in [-0.39, 0.29) is 12.1 Å². The van der Waals surface area contributed by atoms with Gasteiger partial charge in [-0.1, -0.05) is 0 Å². The van der Waals surface area contributed by atoms with Gasteiger partial charge in [0, 0.05) is 11.6 Å². The van der Waals surface area contributed by atoms with Crippen LogP contribution in [0.25, 0.3) is 0 Å². The Kier molecular flexibility index (Phi) is 4.80. The number of nitrogens with two attached hydrogens (primary N) is 1. The molecule has 2 aromatic carbocycles. The molecule has 2 rings (SSSR count). The van der Waals surface area contributed by atoms with Gasteiger partial charge in [0.05, 0.1) is 0 Å². The molecule has 0 amide bonds. The van der Waals surface area contributed by atoms with Crippen molar-refractivity contribution in [3.8, 4) is 5.75 Å². The van der Waals surface area contributed by atoms with E-state index < -0.39 is 35.6 Å². The second-order valence-corrected chi connectivity index (χ2v) is 4.45. The van der Waals surface area contributed by atoms with Crippen molar-refractivity contribution < 1.29 is 22.3 Å². The Morgan fingerprint density at radius 1 is 0.905 bits per heavy atom. The van der Waals surface area contributed by atoms with Crippen LogP contribution in [-0.2, 0) is 13.0 Å². The van der Waals surface area contributed by atoms with Crippen LogP contribution in [0.15, 0.2) is 30.3 Å². The molecule has 0 bridgehead atoms. The zero-order chi connectivity index (χ0) is 15.4. The van der Waals surface area contributed by atoms with Crippen molar-refractivity contribution in [2.24, 2.45) is 5.73 Å². The van der Waals surface area contributed by atoms with Gasteiger partial charge in [-0.2, -0.15) is 0 Å². The number of rotatable bonds is 5. The molecule has 0 aromatic heterocycles. The Hall–Kier alpha value is -2.08. The molecule has 21 heavy (non-hydrogen) atoms. The van der Waals surface area contributed by atoms with E-state index in [0.717, 1.165) is 24.3 Å². The SMILES string of the molecule is NCCc1cc(F)c(OCc2ccc(F)cc2F)c(F)c1. The highest BCUT2D eigenvalue weighted by molar-refractivity contribution is 5.32. The summed E-state index contributed by atoms with van der Waals surface area (Å²) in [5.74, 6) is -3.95. The molecule has 6 heteroatoms. The molecule has 0 spiro atoms. The molecular weight excluding hydrogens is 286 g/mol. The summed E-state index contributed by atoms with van der Waals surface area (Å²) in [6.07, 6.45) is 0.334. The lowest BCUT2D eigenvalue weighted by atomic mass is 10.1. The Balaban J connectivity index is 2.16. The molecule has 2 nitrogen and oxygen atoms in total. The van der Waals surface area contributed by atoms with Crippen LogP contribution < -0.4 is 10.5 Å². The molecule has 0 fully saturated rings. The molecule has 2 N–H and O–H groups in total. The van der Waals surface area contributed by atoms with Crippen LogP contribution in [0.5, 0.6) is 5.75 Å². The molecule has 0 unspecified atom stereocenters. The molecule has 0 aliphatic rings. The maximum absolute atomic E-state index is 13.7. The fourth-order valence-electron chi connectivity index (χ4n) is 1.85. The van der Waals surface area contributed by atoms with E-state index in [1.54, 1.807) is 0 Å². The zero-order valence-corrected chi connectivity index (χ0v) is 11.0. The lowest BCUT2D eigenvalue weighted by Gasteiger charge is -2.10. The summed E-state index contributed by atoms with van der Waals surface area (Å²) in [5, 5.41) is 0. The summed E-state index contributed by atoms with van der Waals surface area (Å²) in [5.41, 5.74) is 5.72.